The van der Waals surface area contributed by atoms with Gasteiger partial charge in [0.1, 0.15) is 11.5 Å². The van der Waals surface area contributed by atoms with Crippen LogP contribution >= 0.6 is 0 Å². The summed E-state index contributed by atoms with van der Waals surface area (Å²) in [4.78, 5) is 10.8. The molecule has 0 unspecified atom stereocenters. The van der Waals surface area contributed by atoms with Gasteiger partial charge in [0.25, 0.3) is 0 Å². The summed E-state index contributed by atoms with van der Waals surface area (Å²) in [5.74, 6) is 1.12. The second-order valence-electron chi connectivity index (χ2n) is 3.76. The number of carbonyl (C=O) groups is 1. The fraction of sp³-hybridized carbons (Fsp3) is 0.462. The summed E-state index contributed by atoms with van der Waals surface area (Å²) in [6, 6.07) is 5.99. The van der Waals surface area contributed by atoms with E-state index in [-0.39, 0.29) is 5.78 Å². The number of carbonyl (C=O) groups excluding carboxylic acids is 1. The number of aryl methyl sites for hydroxylation is 1. The van der Waals surface area contributed by atoms with E-state index in [4.69, 9.17) is 4.74 Å². The van der Waals surface area contributed by atoms with Crippen molar-refractivity contribution >= 4 is 11.5 Å². The Hall–Kier alpha value is -1.51. The standard InChI is InChI=1S/C13H19NO2/c1-4-11-9-12(5-6-13(11)16-3)14-8-7-10(2)15/h5-6,9,14H,4,7-8H2,1-3H3. The highest BCUT2D eigenvalue weighted by Gasteiger charge is 2.02. The lowest BCUT2D eigenvalue weighted by Crippen LogP contribution is -2.06. The van der Waals surface area contributed by atoms with Gasteiger partial charge in [-0.25, -0.2) is 0 Å². The molecule has 0 saturated heterocycles. The minimum Gasteiger partial charge on any atom is -0.496 e. The maximum atomic E-state index is 10.8. The van der Waals surface area contributed by atoms with E-state index in [1.54, 1.807) is 14.0 Å². The lowest BCUT2D eigenvalue weighted by atomic mass is 10.1. The van der Waals surface area contributed by atoms with Gasteiger partial charge >= 0.3 is 0 Å². The third-order valence-electron chi connectivity index (χ3n) is 2.47. The maximum Gasteiger partial charge on any atom is 0.131 e. The molecule has 0 spiro atoms. The zero-order chi connectivity index (χ0) is 12.0. The second kappa shape index (κ2) is 6.16. The van der Waals surface area contributed by atoms with Crippen molar-refractivity contribution in [2.75, 3.05) is 19.0 Å². The zero-order valence-corrected chi connectivity index (χ0v) is 10.2. The number of methoxy groups -OCH3 is 1. The summed E-state index contributed by atoms with van der Waals surface area (Å²) in [6.45, 7) is 4.38. The Balaban J connectivity index is 2.64. The van der Waals surface area contributed by atoms with Crippen LogP contribution in [0.2, 0.25) is 0 Å². The molecule has 0 aromatic heterocycles. The summed E-state index contributed by atoms with van der Waals surface area (Å²) in [5.41, 5.74) is 2.22. The van der Waals surface area contributed by atoms with Gasteiger partial charge in [0, 0.05) is 18.7 Å². The van der Waals surface area contributed by atoms with Gasteiger partial charge in [0.05, 0.1) is 7.11 Å². The van der Waals surface area contributed by atoms with E-state index in [0.29, 0.717) is 13.0 Å². The minimum atomic E-state index is 0.205. The third-order valence-corrected chi connectivity index (χ3v) is 2.47. The lowest BCUT2D eigenvalue weighted by Gasteiger charge is -2.10. The predicted octanol–water partition coefficient (Wildman–Crippen LogP) is 2.65. The van der Waals surface area contributed by atoms with Crippen molar-refractivity contribution in [3.05, 3.63) is 23.8 Å². The number of nitrogens with one attached hydrogen (secondary N) is 1. The zero-order valence-electron chi connectivity index (χ0n) is 10.2. The molecule has 0 bridgehead atoms. The Bertz CT molecular complexity index is 361. The highest BCUT2D eigenvalue weighted by Crippen LogP contribution is 2.22. The average molecular weight is 221 g/mol. The molecule has 1 N–H and O–H groups in total. The van der Waals surface area contributed by atoms with Crippen LogP contribution in [-0.4, -0.2) is 19.4 Å². The largest absolute Gasteiger partial charge is 0.496 e. The van der Waals surface area contributed by atoms with Gasteiger partial charge in [-0.15, -0.1) is 0 Å². The van der Waals surface area contributed by atoms with Gasteiger partial charge in [-0.3, -0.25) is 4.79 Å². The molecule has 0 atom stereocenters. The van der Waals surface area contributed by atoms with Gasteiger partial charge in [0.2, 0.25) is 0 Å². The normalized spacial score (nSPS) is 9.94. The van der Waals surface area contributed by atoms with Crippen molar-refractivity contribution in [3.63, 3.8) is 0 Å². The number of hydrogen-bond acceptors (Lipinski definition) is 3. The molecule has 1 aromatic rings. The van der Waals surface area contributed by atoms with Crippen molar-refractivity contribution in [2.45, 2.75) is 26.7 Å². The summed E-state index contributed by atoms with van der Waals surface area (Å²) in [5, 5.41) is 3.23. The van der Waals surface area contributed by atoms with Crippen LogP contribution in [0.1, 0.15) is 25.8 Å². The van der Waals surface area contributed by atoms with E-state index in [9.17, 15) is 4.79 Å². The van der Waals surface area contributed by atoms with Gasteiger partial charge in [-0.1, -0.05) is 6.92 Å². The van der Waals surface area contributed by atoms with Crippen LogP contribution in [0, 0.1) is 0 Å². The quantitative estimate of drug-likeness (QED) is 0.802. The van der Waals surface area contributed by atoms with E-state index >= 15 is 0 Å². The van der Waals surface area contributed by atoms with E-state index in [0.717, 1.165) is 17.9 Å². The number of rotatable bonds is 6. The monoisotopic (exact) mass is 221 g/mol. The van der Waals surface area contributed by atoms with Gasteiger partial charge < -0.3 is 10.1 Å². The number of ether oxygens (including phenoxy) is 1. The number of Topliss-reactive ketones (excluding diaryl/α,β-unsaturated/α-hetero) is 1. The van der Waals surface area contributed by atoms with Crippen LogP contribution in [0.15, 0.2) is 18.2 Å². The van der Waals surface area contributed by atoms with Gasteiger partial charge in [0.15, 0.2) is 0 Å². The first-order valence-electron chi connectivity index (χ1n) is 5.57. The van der Waals surface area contributed by atoms with Crippen molar-refractivity contribution in [1.29, 1.82) is 0 Å². The molecule has 0 amide bonds. The molecule has 16 heavy (non-hydrogen) atoms. The number of anilines is 1. The molecule has 0 aliphatic heterocycles. The SMILES string of the molecule is CCc1cc(NCCC(C)=O)ccc1OC. The maximum absolute atomic E-state index is 10.8. The van der Waals surface area contributed by atoms with E-state index < -0.39 is 0 Å². The van der Waals surface area contributed by atoms with Crippen molar-refractivity contribution in [1.82, 2.24) is 0 Å². The number of hydrogen-bond donors (Lipinski definition) is 1. The summed E-state index contributed by atoms with van der Waals surface area (Å²) in [7, 11) is 1.68. The number of ketones is 1. The molecule has 0 saturated carbocycles. The minimum absolute atomic E-state index is 0.205. The summed E-state index contributed by atoms with van der Waals surface area (Å²) < 4.78 is 5.25. The smallest absolute Gasteiger partial charge is 0.131 e. The molecular weight excluding hydrogens is 202 g/mol. The van der Waals surface area contributed by atoms with Crippen molar-refractivity contribution in [3.8, 4) is 5.75 Å². The highest BCUT2D eigenvalue weighted by atomic mass is 16.5. The van der Waals surface area contributed by atoms with Crippen LogP contribution in [0.4, 0.5) is 5.69 Å². The first-order chi connectivity index (χ1) is 7.67. The highest BCUT2D eigenvalue weighted by molar-refractivity contribution is 5.76. The molecule has 3 heteroatoms. The van der Waals surface area contributed by atoms with Crippen molar-refractivity contribution < 1.29 is 9.53 Å². The lowest BCUT2D eigenvalue weighted by molar-refractivity contribution is -0.116. The molecular formula is C13H19NO2. The molecule has 0 fully saturated rings. The van der Waals surface area contributed by atoms with Crippen molar-refractivity contribution in [2.24, 2.45) is 0 Å². The van der Waals surface area contributed by atoms with Gasteiger partial charge in [-0.2, -0.15) is 0 Å². The average Bonchev–Trinajstić information content (AvgIpc) is 2.28. The molecule has 1 aromatic carbocycles. The Labute approximate surface area is 96.8 Å². The Morgan fingerprint density at radius 2 is 2.19 bits per heavy atom. The van der Waals surface area contributed by atoms with Crippen LogP contribution in [0.25, 0.3) is 0 Å². The molecule has 88 valence electrons. The fourth-order valence-electron chi connectivity index (χ4n) is 1.55. The first-order valence-corrected chi connectivity index (χ1v) is 5.57. The molecule has 0 aliphatic carbocycles. The Morgan fingerprint density at radius 1 is 1.44 bits per heavy atom. The van der Waals surface area contributed by atoms with Crippen LogP contribution in [0.3, 0.4) is 0 Å². The fourth-order valence-corrected chi connectivity index (χ4v) is 1.55. The topological polar surface area (TPSA) is 38.3 Å². The molecule has 0 radical (unpaired) electrons. The summed E-state index contributed by atoms with van der Waals surface area (Å²) >= 11 is 0. The molecule has 0 aliphatic rings. The Kier molecular flexibility index (Phi) is 4.83. The molecule has 3 nitrogen and oxygen atoms in total. The van der Waals surface area contributed by atoms with Crippen LogP contribution in [0.5, 0.6) is 5.75 Å². The Morgan fingerprint density at radius 3 is 2.75 bits per heavy atom. The molecule has 1 rings (SSSR count). The van der Waals surface area contributed by atoms with Crippen LogP contribution in [-0.2, 0) is 11.2 Å². The van der Waals surface area contributed by atoms with E-state index in [2.05, 4.69) is 18.3 Å². The number of benzene rings is 1. The second-order valence-corrected chi connectivity index (χ2v) is 3.76. The van der Waals surface area contributed by atoms with E-state index in [1.807, 2.05) is 12.1 Å². The third kappa shape index (κ3) is 3.57. The van der Waals surface area contributed by atoms with Crippen LogP contribution < -0.4 is 10.1 Å². The first kappa shape index (κ1) is 12.6. The molecule has 0 heterocycles. The van der Waals surface area contributed by atoms with Gasteiger partial charge in [-0.05, 0) is 37.1 Å². The predicted molar refractivity (Wildman–Crippen MR) is 66.2 cm³/mol. The van der Waals surface area contributed by atoms with E-state index in [1.165, 1.54) is 5.56 Å². The summed E-state index contributed by atoms with van der Waals surface area (Å²) in [6.07, 6.45) is 1.50.